The lowest BCUT2D eigenvalue weighted by molar-refractivity contribution is 0.211. The molecule has 4 nitrogen and oxygen atoms in total. The van der Waals surface area contributed by atoms with Crippen LogP contribution in [0.4, 0.5) is 5.69 Å². The van der Waals surface area contributed by atoms with Gasteiger partial charge in [0.25, 0.3) is 0 Å². The summed E-state index contributed by atoms with van der Waals surface area (Å²) in [6, 6.07) is 0.545. The van der Waals surface area contributed by atoms with E-state index in [1.54, 1.807) is 6.20 Å². The van der Waals surface area contributed by atoms with E-state index in [1.165, 1.54) is 12.8 Å². The normalized spacial score (nSPS) is 20.1. The molecule has 1 aliphatic rings. The highest BCUT2D eigenvalue weighted by molar-refractivity contribution is 5.39. The Labute approximate surface area is 84.7 Å². The third kappa shape index (κ3) is 1.62. The van der Waals surface area contributed by atoms with Crippen LogP contribution in [0.15, 0.2) is 6.20 Å². The van der Waals surface area contributed by atoms with Gasteiger partial charge in [-0.25, -0.2) is 0 Å². The number of hydrogen-bond acceptors (Lipinski definition) is 3. The number of anilines is 1. The number of aromatic nitrogens is 2. The molecule has 0 saturated carbocycles. The highest BCUT2D eigenvalue weighted by Crippen LogP contribution is 2.24. The lowest BCUT2D eigenvalue weighted by atomic mass is 10.1. The van der Waals surface area contributed by atoms with Crippen molar-refractivity contribution in [1.29, 1.82) is 0 Å². The molecule has 2 heterocycles. The van der Waals surface area contributed by atoms with Crippen LogP contribution in [0.1, 0.15) is 24.6 Å². The molecule has 0 spiro atoms. The molecule has 1 fully saturated rings. The van der Waals surface area contributed by atoms with Gasteiger partial charge in [-0.1, -0.05) is 0 Å². The van der Waals surface area contributed by atoms with E-state index >= 15 is 0 Å². The SMILES string of the molecule is Cc1c(N)cnn1C1CCN(C)CC1. The lowest BCUT2D eigenvalue weighted by Gasteiger charge is -2.29. The number of nitrogen functional groups attached to an aromatic ring is 1. The van der Waals surface area contributed by atoms with Gasteiger partial charge in [-0.3, -0.25) is 4.68 Å². The number of nitrogens with zero attached hydrogens (tertiary/aromatic N) is 3. The molecule has 4 heteroatoms. The van der Waals surface area contributed by atoms with E-state index in [4.69, 9.17) is 5.73 Å². The Morgan fingerprint density at radius 3 is 2.57 bits per heavy atom. The van der Waals surface area contributed by atoms with Crippen LogP contribution in [-0.2, 0) is 0 Å². The average molecular weight is 194 g/mol. The van der Waals surface area contributed by atoms with Gasteiger partial charge in [0.2, 0.25) is 0 Å². The molecule has 1 aromatic rings. The summed E-state index contributed by atoms with van der Waals surface area (Å²) in [4.78, 5) is 2.36. The standard InChI is InChI=1S/C10H18N4/c1-8-10(11)7-12-14(8)9-3-5-13(2)6-4-9/h7,9H,3-6,11H2,1-2H3. The Bertz CT molecular complexity index is 310. The van der Waals surface area contributed by atoms with Crippen LogP contribution in [0.2, 0.25) is 0 Å². The van der Waals surface area contributed by atoms with Gasteiger partial charge in [0.15, 0.2) is 0 Å². The zero-order chi connectivity index (χ0) is 10.1. The molecule has 2 N–H and O–H groups in total. The molecule has 0 amide bonds. The number of rotatable bonds is 1. The van der Waals surface area contributed by atoms with E-state index in [9.17, 15) is 0 Å². The lowest BCUT2D eigenvalue weighted by Crippen LogP contribution is -2.32. The molecular formula is C10H18N4. The van der Waals surface area contributed by atoms with E-state index in [0.717, 1.165) is 24.5 Å². The molecule has 14 heavy (non-hydrogen) atoms. The number of nitrogens with two attached hydrogens (primary N) is 1. The van der Waals surface area contributed by atoms with Crippen molar-refractivity contribution < 1.29 is 0 Å². The third-order valence-corrected chi connectivity index (χ3v) is 3.12. The second-order valence-electron chi connectivity index (χ2n) is 4.16. The molecule has 2 rings (SSSR count). The maximum atomic E-state index is 5.78. The van der Waals surface area contributed by atoms with Crippen molar-refractivity contribution in [3.8, 4) is 0 Å². The number of piperidine rings is 1. The van der Waals surface area contributed by atoms with E-state index in [-0.39, 0.29) is 0 Å². The Kier molecular flexibility index (Phi) is 2.46. The molecule has 1 aromatic heterocycles. The second kappa shape index (κ2) is 3.61. The number of hydrogen-bond donors (Lipinski definition) is 1. The third-order valence-electron chi connectivity index (χ3n) is 3.12. The van der Waals surface area contributed by atoms with Crippen LogP contribution in [0, 0.1) is 6.92 Å². The predicted molar refractivity (Wildman–Crippen MR) is 57.1 cm³/mol. The van der Waals surface area contributed by atoms with Gasteiger partial charge in [0.05, 0.1) is 23.6 Å². The fraction of sp³-hybridized carbons (Fsp3) is 0.700. The van der Waals surface area contributed by atoms with Crippen LogP contribution in [-0.4, -0.2) is 34.8 Å². The maximum Gasteiger partial charge on any atom is 0.0730 e. The first-order valence-corrected chi connectivity index (χ1v) is 5.16. The van der Waals surface area contributed by atoms with Crippen molar-refractivity contribution in [1.82, 2.24) is 14.7 Å². The molecule has 0 bridgehead atoms. The molecule has 1 aliphatic heterocycles. The predicted octanol–water partition coefficient (Wildman–Crippen LogP) is 1.04. The first-order valence-electron chi connectivity index (χ1n) is 5.16. The van der Waals surface area contributed by atoms with Crippen LogP contribution in [0.5, 0.6) is 0 Å². The fourth-order valence-corrected chi connectivity index (χ4v) is 2.04. The molecule has 0 radical (unpaired) electrons. The summed E-state index contributed by atoms with van der Waals surface area (Å²) < 4.78 is 2.09. The zero-order valence-electron chi connectivity index (χ0n) is 8.90. The summed E-state index contributed by atoms with van der Waals surface area (Å²) in [7, 11) is 2.17. The van der Waals surface area contributed by atoms with Crippen LogP contribution >= 0.6 is 0 Å². The van der Waals surface area contributed by atoms with E-state index in [0.29, 0.717) is 6.04 Å². The van der Waals surface area contributed by atoms with E-state index in [1.807, 2.05) is 6.92 Å². The van der Waals surface area contributed by atoms with Crippen molar-refractivity contribution in [2.24, 2.45) is 0 Å². The summed E-state index contributed by atoms with van der Waals surface area (Å²) in [5, 5.41) is 4.34. The van der Waals surface area contributed by atoms with Gasteiger partial charge in [-0.2, -0.15) is 5.10 Å². The Hall–Kier alpha value is -1.03. The van der Waals surface area contributed by atoms with E-state index < -0.39 is 0 Å². The summed E-state index contributed by atoms with van der Waals surface area (Å²) in [6.45, 7) is 4.36. The van der Waals surface area contributed by atoms with Crippen molar-refractivity contribution in [2.45, 2.75) is 25.8 Å². The molecule has 0 unspecified atom stereocenters. The summed E-state index contributed by atoms with van der Waals surface area (Å²) in [5.41, 5.74) is 7.70. The number of likely N-dealkylation sites (tertiary alicyclic amines) is 1. The van der Waals surface area contributed by atoms with Gasteiger partial charge < -0.3 is 10.6 Å². The quantitative estimate of drug-likeness (QED) is 0.726. The molecular weight excluding hydrogens is 176 g/mol. The van der Waals surface area contributed by atoms with Crippen molar-refractivity contribution in [3.05, 3.63) is 11.9 Å². The monoisotopic (exact) mass is 194 g/mol. The van der Waals surface area contributed by atoms with Gasteiger partial charge in [-0.15, -0.1) is 0 Å². The molecule has 0 aromatic carbocycles. The summed E-state index contributed by atoms with van der Waals surface area (Å²) in [6.07, 6.45) is 4.12. The minimum atomic E-state index is 0.545. The van der Waals surface area contributed by atoms with Gasteiger partial charge in [0, 0.05) is 0 Å². The van der Waals surface area contributed by atoms with Gasteiger partial charge >= 0.3 is 0 Å². The van der Waals surface area contributed by atoms with Gasteiger partial charge in [-0.05, 0) is 39.9 Å². The summed E-state index contributed by atoms with van der Waals surface area (Å²) >= 11 is 0. The first kappa shape index (κ1) is 9.52. The highest BCUT2D eigenvalue weighted by atomic mass is 15.3. The Morgan fingerprint density at radius 1 is 1.43 bits per heavy atom. The molecule has 0 aliphatic carbocycles. The highest BCUT2D eigenvalue weighted by Gasteiger charge is 2.20. The van der Waals surface area contributed by atoms with Crippen LogP contribution in [0.3, 0.4) is 0 Å². The van der Waals surface area contributed by atoms with Crippen molar-refractivity contribution in [3.63, 3.8) is 0 Å². The van der Waals surface area contributed by atoms with Crippen LogP contribution < -0.4 is 5.73 Å². The van der Waals surface area contributed by atoms with Crippen LogP contribution in [0.25, 0.3) is 0 Å². The first-order chi connectivity index (χ1) is 6.68. The molecule has 0 atom stereocenters. The minimum absolute atomic E-state index is 0.545. The molecule has 78 valence electrons. The minimum Gasteiger partial charge on any atom is -0.396 e. The fourth-order valence-electron chi connectivity index (χ4n) is 2.04. The van der Waals surface area contributed by atoms with Crippen molar-refractivity contribution >= 4 is 5.69 Å². The molecule has 1 saturated heterocycles. The Balaban J connectivity index is 2.12. The van der Waals surface area contributed by atoms with Gasteiger partial charge in [0.1, 0.15) is 0 Å². The zero-order valence-corrected chi connectivity index (χ0v) is 8.90. The smallest absolute Gasteiger partial charge is 0.0730 e. The topological polar surface area (TPSA) is 47.1 Å². The largest absolute Gasteiger partial charge is 0.396 e. The average Bonchev–Trinajstić information content (AvgIpc) is 2.50. The second-order valence-corrected chi connectivity index (χ2v) is 4.16. The van der Waals surface area contributed by atoms with E-state index in [2.05, 4.69) is 21.7 Å². The van der Waals surface area contributed by atoms with Crippen molar-refractivity contribution in [2.75, 3.05) is 25.9 Å². The maximum absolute atomic E-state index is 5.78. The Morgan fingerprint density at radius 2 is 2.07 bits per heavy atom. The summed E-state index contributed by atoms with van der Waals surface area (Å²) in [5.74, 6) is 0.